The maximum absolute atomic E-state index is 10.6. The van der Waals surface area contributed by atoms with Crippen molar-refractivity contribution in [2.75, 3.05) is 5.32 Å². The second kappa shape index (κ2) is 2.95. The van der Waals surface area contributed by atoms with Crippen LogP contribution in [-0.2, 0) is 6.54 Å². The first-order chi connectivity index (χ1) is 7.38. The molecule has 1 aliphatic rings. The molecule has 4 heteroatoms. The van der Waals surface area contributed by atoms with Gasteiger partial charge in [-0.05, 0) is 12.1 Å². The fraction of sp³-hybridized carbons (Fsp3) is 0.0909. The molecular weight excluding hydrogens is 190 g/mol. The van der Waals surface area contributed by atoms with Gasteiger partial charge in [-0.15, -0.1) is 0 Å². The standard InChI is InChI=1S/C11H9N3O/c15-7-8-6-14-10-4-2-1-3-9(10)12-5-11(14)13-8/h1-4,6-7,12H,5H2. The largest absolute Gasteiger partial charge is 0.376 e. The number of hydrogen-bond acceptors (Lipinski definition) is 3. The Labute approximate surface area is 86.6 Å². The summed E-state index contributed by atoms with van der Waals surface area (Å²) < 4.78 is 1.95. The van der Waals surface area contributed by atoms with Gasteiger partial charge in [-0.2, -0.15) is 0 Å². The Morgan fingerprint density at radius 3 is 3.13 bits per heavy atom. The molecule has 1 N–H and O–H groups in total. The molecule has 1 aliphatic heterocycles. The van der Waals surface area contributed by atoms with Crippen LogP contribution in [0.5, 0.6) is 0 Å². The molecule has 0 radical (unpaired) electrons. The van der Waals surface area contributed by atoms with Gasteiger partial charge in [0.15, 0.2) is 6.29 Å². The van der Waals surface area contributed by atoms with Gasteiger partial charge in [0.1, 0.15) is 11.5 Å². The van der Waals surface area contributed by atoms with Crippen LogP contribution >= 0.6 is 0 Å². The highest BCUT2D eigenvalue weighted by Crippen LogP contribution is 2.26. The number of carbonyl (C=O) groups is 1. The molecule has 0 spiro atoms. The summed E-state index contributed by atoms with van der Waals surface area (Å²) in [4.78, 5) is 14.8. The van der Waals surface area contributed by atoms with Crippen molar-refractivity contribution >= 4 is 12.0 Å². The molecule has 0 bridgehead atoms. The lowest BCUT2D eigenvalue weighted by Gasteiger charge is -2.19. The third kappa shape index (κ3) is 1.15. The molecule has 4 nitrogen and oxygen atoms in total. The van der Waals surface area contributed by atoms with E-state index in [1.165, 1.54) is 0 Å². The lowest BCUT2D eigenvalue weighted by atomic mass is 10.2. The molecule has 15 heavy (non-hydrogen) atoms. The quantitative estimate of drug-likeness (QED) is 0.710. The highest BCUT2D eigenvalue weighted by atomic mass is 16.1. The second-order valence-electron chi connectivity index (χ2n) is 3.44. The van der Waals surface area contributed by atoms with Crippen molar-refractivity contribution in [1.29, 1.82) is 0 Å². The number of anilines is 1. The first-order valence-electron chi connectivity index (χ1n) is 4.75. The van der Waals surface area contributed by atoms with Gasteiger partial charge in [0.05, 0.1) is 17.9 Å². The van der Waals surface area contributed by atoms with Crippen molar-refractivity contribution in [3.05, 3.63) is 42.0 Å². The minimum atomic E-state index is 0.475. The van der Waals surface area contributed by atoms with E-state index in [1.54, 1.807) is 6.20 Å². The van der Waals surface area contributed by atoms with Crippen molar-refractivity contribution in [3.63, 3.8) is 0 Å². The fourth-order valence-electron chi connectivity index (χ4n) is 1.84. The molecule has 0 aliphatic carbocycles. The van der Waals surface area contributed by atoms with Crippen LogP contribution in [-0.4, -0.2) is 15.8 Å². The topological polar surface area (TPSA) is 46.9 Å². The SMILES string of the molecule is O=Cc1cn2c(n1)CNc1ccccc1-2. The highest BCUT2D eigenvalue weighted by Gasteiger charge is 2.16. The first-order valence-corrected chi connectivity index (χ1v) is 4.75. The summed E-state index contributed by atoms with van der Waals surface area (Å²) in [5.41, 5.74) is 2.59. The monoisotopic (exact) mass is 199 g/mol. The number of nitrogens with zero attached hydrogens (tertiary/aromatic N) is 2. The summed E-state index contributed by atoms with van der Waals surface area (Å²) in [5.74, 6) is 0.871. The van der Waals surface area contributed by atoms with Gasteiger partial charge >= 0.3 is 0 Å². The van der Waals surface area contributed by atoms with Gasteiger partial charge in [0.2, 0.25) is 0 Å². The van der Waals surface area contributed by atoms with Crippen molar-refractivity contribution in [3.8, 4) is 5.69 Å². The Morgan fingerprint density at radius 2 is 2.27 bits per heavy atom. The summed E-state index contributed by atoms with van der Waals surface area (Å²) in [6.07, 6.45) is 2.54. The van der Waals surface area contributed by atoms with Crippen LogP contribution in [0.4, 0.5) is 5.69 Å². The van der Waals surface area contributed by atoms with Crippen molar-refractivity contribution in [2.45, 2.75) is 6.54 Å². The van der Waals surface area contributed by atoms with E-state index in [-0.39, 0.29) is 0 Å². The Kier molecular flexibility index (Phi) is 1.62. The molecule has 1 aromatic carbocycles. The van der Waals surface area contributed by atoms with E-state index in [4.69, 9.17) is 0 Å². The number of imidazole rings is 1. The number of aromatic nitrogens is 2. The summed E-state index contributed by atoms with van der Waals surface area (Å²) in [6, 6.07) is 7.96. The number of aldehydes is 1. The first kappa shape index (κ1) is 8.23. The highest BCUT2D eigenvalue weighted by molar-refractivity contribution is 5.73. The van der Waals surface area contributed by atoms with Crippen LogP contribution < -0.4 is 5.32 Å². The molecule has 2 aromatic rings. The third-order valence-electron chi connectivity index (χ3n) is 2.52. The molecule has 0 unspecified atom stereocenters. The van der Waals surface area contributed by atoms with E-state index in [2.05, 4.69) is 10.3 Å². The van der Waals surface area contributed by atoms with Crippen LogP contribution in [0.15, 0.2) is 30.5 Å². The molecule has 0 saturated carbocycles. The van der Waals surface area contributed by atoms with Crippen LogP contribution in [0.1, 0.15) is 16.3 Å². The van der Waals surface area contributed by atoms with Gasteiger partial charge in [-0.25, -0.2) is 4.98 Å². The van der Waals surface area contributed by atoms with E-state index in [0.29, 0.717) is 12.2 Å². The molecule has 0 saturated heterocycles. The smallest absolute Gasteiger partial charge is 0.170 e. The van der Waals surface area contributed by atoms with E-state index in [9.17, 15) is 4.79 Å². The van der Waals surface area contributed by atoms with E-state index < -0.39 is 0 Å². The minimum Gasteiger partial charge on any atom is -0.376 e. The summed E-state index contributed by atoms with van der Waals surface area (Å²) in [6.45, 7) is 0.658. The maximum Gasteiger partial charge on any atom is 0.170 e. The Balaban J connectivity index is 2.24. The van der Waals surface area contributed by atoms with Crippen LogP contribution in [0.3, 0.4) is 0 Å². The van der Waals surface area contributed by atoms with Crippen LogP contribution in [0.25, 0.3) is 5.69 Å². The lowest BCUT2D eigenvalue weighted by molar-refractivity contribution is 0.111. The lowest BCUT2D eigenvalue weighted by Crippen LogP contribution is -2.14. The van der Waals surface area contributed by atoms with Crippen molar-refractivity contribution in [2.24, 2.45) is 0 Å². The van der Waals surface area contributed by atoms with Crippen LogP contribution in [0.2, 0.25) is 0 Å². The molecule has 0 fully saturated rings. The van der Waals surface area contributed by atoms with E-state index >= 15 is 0 Å². The van der Waals surface area contributed by atoms with Gasteiger partial charge in [-0.1, -0.05) is 12.1 Å². The zero-order chi connectivity index (χ0) is 10.3. The molecule has 1 aromatic heterocycles. The summed E-state index contributed by atoms with van der Waals surface area (Å²) in [7, 11) is 0. The van der Waals surface area contributed by atoms with Gasteiger partial charge in [-0.3, -0.25) is 9.36 Å². The van der Waals surface area contributed by atoms with E-state index in [0.717, 1.165) is 23.5 Å². The Bertz CT molecular complexity index is 530. The van der Waals surface area contributed by atoms with Gasteiger partial charge in [0.25, 0.3) is 0 Å². The molecule has 0 atom stereocenters. The number of rotatable bonds is 1. The predicted octanol–water partition coefficient (Wildman–Crippen LogP) is 1.61. The fourth-order valence-corrected chi connectivity index (χ4v) is 1.84. The molecule has 3 rings (SSSR count). The normalized spacial score (nSPS) is 12.5. The maximum atomic E-state index is 10.6. The number of para-hydroxylation sites is 2. The minimum absolute atomic E-state index is 0.475. The molecule has 74 valence electrons. The average molecular weight is 199 g/mol. The third-order valence-corrected chi connectivity index (χ3v) is 2.52. The number of fused-ring (bicyclic) bond motifs is 3. The zero-order valence-corrected chi connectivity index (χ0v) is 7.97. The summed E-state index contributed by atoms with van der Waals surface area (Å²) in [5, 5.41) is 3.26. The number of benzene rings is 1. The van der Waals surface area contributed by atoms with E-state index in [1.807, 2.05) is 28.8 Å². The van der Waals surface area contributed by atoms with Crippen molar-refractivity contribution < 1.29 is 4.79 Å². The number of carbonyl (C=O) groups excluding carboxylic acids is 1. The zero-order valence-electron chi connectivity index (χ0n) is 7.97. The molecule has 2 heterocycles. The second-order valence-corrected chi connectivity index (χ2v) is 3.44. The molecular formula is C11H9N3O. The number of hydrogen-bond donors (Lipinski definition) is 1. The number of nitrogens with one attached hydrogen (secondary N) is 1. The Morgan fingerprint density at radius 1 is 1.40 bits per heavy atom. The van der Waals surface area contributed by atoms with Crippen LogP contribution in [0, 0.1) is 0 Å². The predicted molar refractivity (Wildman–Crippen MR) is 56.3 cm³/mol. The van der Waals surface area contributed by atoms with Gasteiger partial charge in [0, 0.05) is 6.20 Å². The van der Waals surface area contributed by atoms with Gasteiger partial charge < -0.3 is 5.32 Å². The molecule has 0 amide bonds. The van der Waals surface area contributed by atoms with Crippen molar-refractivity contribution in [1.82, 2.24) is 9.55 Å². The Hall–Kier alpha value is -2.10. The average Bonchev–Trinajstić information content (AvgIpc) is 2.72. The summed E-state index contributed by atoms with van der Waals surface area (Å²) >= 11 is 0.